The third-order valence-corrected chi connectivity index (χ3v) is 1.95. The van der Waals surface area contributed by atoms with Crippen LogP contribution in [0.15, 0.2) is 27.6 Å². The molecule has 1 aromatic heterocycles. The molecule has 0 aromatic carbocycles. The summed E-state index contributed by atoms with van der Waals surface area (Å²) < 4.78 is 4.42. The number of carboxylic acids is 2. The molecular formula is C10H9NO7. The van der Waals surface area contributed by atoms with Crippen LogP contribution in [0, 0.1) is 0 Å². The summed E-state index contributed by atoms with van der Waals surface area (Å²) in [5, 5.41) is 19.2. The lowest BCUT2D eigenvalue weighted by Crippen LogP contribution is -2.42. The van der Waals surface area contributed by atoms with Gasteiger partial charge in [0.2, 0.25) is 0 Å². The maximum absolute atomic E-state index is 11.5. The summed E-state index contributed by atoms with van der Waals surface area (Å²) in [6, 6.07) is 0.574. The van der Waals surface area contributed by atoms with Crippen molar-refractivity contribution < 1.29 is 29.0 Å². The number of hydrogen-bond donors (Lipinski definition) is 3. The minimum absolute atomic E-state index is 0.0776. The summed E-state index contributed by atoms with van der Waals surface area (Å²) in [6.07, 6.45) is 0.106. The highest BCUT2D eigenvalue weighted by molar-refractivity contribution is 5.96. The van der Waals surface area contributed by atoms with Gasteiger partial charge in [-0.2, -0.15) is 0 Å². The molecule has 1 amide bonds. The molecule has 1 rings (SSSR count). The third-order valence-electron chi connectivity index (χ3n) is 1.95. The molecular weight excluding hydrogens is 246 g/mol. The van der Waals surface area contributed by atoms with Gasteiger partial charge in [0.15, 0.2) is 0 Å². The number of carboxylic acid groups (broad SMARTS) is 2. The van der Waals surface area contributed by atoms with Gasteiger partial charge in [-0.25, -0.2) is 9.59 Å². The summed E-state index contributed by atoms with van der Waals surface area (Å²) in [6.45, 7) is 0. The van der Waals surface area contributed by atoms with Crippen molar-refractivity contribution in [2.75, 3.05) is 0 Å². The maximum Gasteiger partial charge on any atom is 0.335 e. The lowest BCUT2D eigenvalue weighted by Gasteiger charge is -2.11. The van der Waals surface area contributed by atoms with Gasteiger partial charge in [-0.15, -0.1) is 0 Å². The van der Waals surface area contributed by atoms with E-state index in [0.29, 0.717) is 0 Å². The number of hydrogen-bond acceptors (Lipinski definition) is 5. The van der Waals surface area contributed by atoms with E-state index in [1.54, 1.807) is 0 Å². The molecule has 8 nitrogen and oxygen atoms in total. The van der Waals surface area contributed by atoms with Crippen molar-refractivity contribution in [1.29, 1.82) is 0 Å². The van der Waals surface area contributed by atoms with Crippen molar-refractivity contribution in [3.63, 3.8) is 0 Å². The van der Waals surface area contributed by atoms with Crippen LogP contribution in [0.25, 0.3) is 0 Å². The Morgan fingerprint density at radius 2 is 1.94 bits per heavy atom. The van der Waals surface area contributed by atoms with Crippen LogP contribution in [0.5, 0.6) is 0 Å². The van der Waals surface area contributed by atoms with E-state index in [1.165, 1.54) is 0 Å². The summed E-state index contributed by atoms with van der Waals surface area (Å²) in [5.41, 5.74) is -0.738. The summed E-state index contributed by atoms with van der Waals surface area (Å²) in [5.74, 6) is -3.67. The summed E-state index contributed by atoms with van der Waals surface area (Å²) in [7, 11) is 0. The van der Waals surface area contributed by atoms with E-state index in [0.717, 1.165) is 18.4 Å². The molecule has 1 aromatic rings. The second-order valence-corrected chi connectivity index (χ2v) is 3.31. The Bertz CT molecular complexity index is 513. The molecule has 0 fully saturated rings. The van der Waals surface area contributed by atoms with Gasteiger partial charge in [0.25, 0.3) is 5.91 Å². The number of nitrogens with one attached hydrogen (secondary N) is 1. The molecule has 0 saturated heterocycles. The second kappa shape index (κ2) is 5.62. The normalized spacial score (nSPS) is 11.6. The Labute approximate surface area is 99.8 Å². The molecule has 96 valence electrons. The van der Waals surface area contributed by atoms with Crippen LogP contribution in [-0.2, 0) is 9.59 Å². The average molecular weight is 255 g/mol. The Kier molecular flexibility index (Phi) is 4.19. The number of amides is 1. The van der Waals surface area contributed by atoms with Gasteiger partial charge in [-0.1, -0.05) is 0 Å². The van der Waals surface area contributed by atoms with E-state index in [-0.39, 0.29) is 5.56 Å². The zero-order chi connectivity index (χ0) is 13.7. The Morgan fingerprint density at radius 1 is 1.28 bits per heavy atom. The fourth-order valence-corrected chi connectivity index (χ4v) is 1.10. The van der Waals surface area contributed by atoms with Gasteiger partial charge in [0, 0.05) is 6.07 Å². The Morgan fingerprint density at radius 3 is 2.39 bits per heavy atom. The van der Waals surface area contributed by atoms with E-state index in [1.807, 2.05) is 5.32 Å². The van der Waals surface area contributed by atoms with E-state index in [9.17, 15) is 19.2 Å². The topological polar surface area (TPSA) is 134 Å². The van der Waals surface area contributed by atoms with Crippen LogP contribution in [0.1, 0.15) is 16.8 Å². The van der Waals surface area contributed by atoms with Crippen molar-refractivity contribution in [1.82, 2.24) is 5.32 Å². The van der Waals surface area contributed by atoms with Gasteiger partial charge in [0.1, 0.15) is 12.3 Å². The molecule has 0 spiro atoms. The van der Waals surface area contributed by atoms with E-state index in [4.69, 9.17) is 10.2 Å². The monoisotopic (exact) mass is 255 g/mol. The quantitative estimate of drug-likeness (QED) is 0.633. The summed E-state index contributed by atoms with van der Waals surface area (Å²) in [4.78, 5) is 43.3. The Hall–Kier alpha value is -2.64. The smallest absolute Gasteiger partial charge is 0.335 e. The van der Waals surface area contributed by atoms with E-state index < -0.39 is 35.9 Å². The minimum atomic E-state index is -1.55. The molecule has 0 aliphatic carbocycles. The fraction of sp³-hybridized carbons (Fsp3) is 0.200. The first-order chi connectivity index (χ1) is 8.40. The first kappa shape index (κ1) is 13.4. The second-order valence-electron chi connectivity index (χ2n) is 3.31. The first-order valence-electron chi connectivity index (χ1n) is 4.74. The highest BCUT2D eigenvalue weighted by atomic mass is 16.4. The lowest BCUT2D eigenvalue weighted by atomic mass is 10.2. The van der Waals surface area contributed by atoms with Gasteiger partial charge in [-0.3, -0.25) is 9.59 Å². The largest absolute Gasteiger partial charge is 0.481 e. The molecule has 3 N–H and O–H groups in total. The van der Waals surface area contributed by atoms with Gasteiger partial charge < -0.3 is 19.9 Å². The van der Waals surface area contributed by atoms with Crippen LogP contribution in [0.4, 0.5) is 0 Å². The molecule has 0 aliphatic rings. The van der Waals surface area contributed by atoms with Crippen molar-refractivity contribution in [3.05, 3.63) is 34.4 Å². The number of rotatable bonds is 5. The molecule has 0 saturated carbocycles. The van der Waals surface area contributed by atoms with Gasteiger partial charge in [0.05, 0.1) is 12.0 Å². The van der Waals surface area contributed by atoms with Crippen LogP contribution >= 0.6 is 0 Å². The minimum Gasteiger partial charge on any atom is -0.481 e. The van der Waals surface area contributed by atoms with Gasteiger partial charge >= 0.3 is 17.6 Å². The van der Waals surface area contributed by atoms with E-state index in [2.05, 4.69) is 4.42 Å². The van der Waals surface area contributed by atoms with Crippen molar-refractivity contribution in [2.45, 2.75) is 12.5 Å². The van der Waals surface area contributed by atoms with Crippen molar-refractivity contribution in [2.24, 2.45) is 0 Å². The van der Waals surface area contributed by atoms with E-state index >= 15 is 0 Å². The predicted molar refractivity (Wildman–Crippen MR) is 56.1 cm³/mol. The molecule has 0 radical (unpaired) electrons. The van der Waals surface area contributed by atoms with Crippen LogP contribution in [0.2, 0.25) is 0 Å². The predicted octanol–water partition coefficient (Wildman–Crippen LogP) is -0.703. The zero-order valence-electron chi connectivity index (χ0n) is 8.95. The van der Waals surface area contributed by atoms with Crippen LogP contribution < -0.4 is 10.9 Å². The van der Waals surface area contributed by atoms with Crippen molar-refractivity contribution in [3.8, 4) is 0 Å². The first-order valence-corrected chi connectivity index (χ1v) is 4.74. The molecule has 0 bridgehead atoms. The Balaban J connectivity index is 2.78. The maximum atomic E-state index is 11.5. The molecule has 18 heavy (non-hydrogen) atoms. The number of aliphatic carboxylic acids is 2. The molecule has 0 aliphatic heterocycles. The standard InChI is InChI=1S/C10H9NO7/c12-7(13)3-6(10(16)17)11-9(15)5-1-2-8(14)18-4-5/h1-2,4,6H,3H2,(H,11,15)(H,12,13)(H,16,17)/t6-/m1/s1. The molecule has 1 heterocycles. The lowest BCUT2D eigenvalue weighted by molar-refractivity contribution is -0.145. The third kappa shape index (κ3) is 3.74. The molecule has 8 heteroatoms. The van der Waals surface area contributed by atoms with Gasteiger partial charge in [-0.05, 0) is 6.07 Å². The zero-order valence-corrected chi connectivity index (χ0v) is 8.95. The molecule has 0 unspecified atom stereocenters. The SMILES string of the molecule is O=C(O)C[C@@H](NC(=O)c1ccc(=O)oc1)C(=O)O. The van der Waals surface area contributed by atoms with Crippen molar-refractivity contribution >= 4 is 17.8 Å². The average Bonchev–Trinajstić information content (AvgIpc) is 2.28. The highest BCUT2D eigenvalue weighted by Crippen LogP contribution is 1.99. The summed E-state index contributed by atoms with van der Waals surface area (Å²) >= 11 is 0. The number of carbonyl (C=O) groups excluding carboxylic acids is 1. The highest BCUT2D eigenvalue weighted by Gasteiger charge is 2.23. The molecule has 1 atom stereocenters. The number of carbonyl (C=O) groups is 3. The van der Waals surface area contributed by atoms with Crippen LogP contribution in [0.3, 0.4) is 0 Å². The fourth-order valence-electron chi connectivity index (χ4n) is 1.10. The van der Waals surface area contributed by atoms with Crippen LogP contribution in [-0.4, -0.2) is 34.1 Å².